The van der Waals surface area contributed by atoms with Crippen LogP contribution in [0.25, 0.3) is 0 Å². The van der Waals surface area contributed by atoms with Crippen molar-refractivity contribution in [3.63, 3.8) is 0 Å². The number of nitrogens with zero attached hydrogens (tertiary/aromatic N) is 1. The fourth-order valence-corrected chi connectivity index (χ4v) is 1.60. The van der Waals surface area contributed by atoms with E-state index in [2.05, 4.69) is 0 Å². The van der Waals surface area contributed by atoms with Gasteiger partial charge < -0.3 is 17.3 Å². The first-order valence-electron chi connectivity index (χ1n) is 3.43. The molecule has 0 bridgehead atoms. The summed E-state index contributed by atoms with van der Waals surface area (Å²) in [5, 5.41) is -1.22. The van der Waals surface area contributed by atoms with E-state index in [1.165, 1.54) is 0 Å². The maximum atomic E-state index is 12.9. The molecule has 1 heterocycles. The fraction of sp³-hybridized carbons (Fsp3) is 0. The van der Waals surface area contributed by atoms with Gasteiger partial charge in [0.2, 0.25) is 0 Å². The second kappa shape index (κ2) is 6.47. The van der Waals surface area contributed by atoms with Crippen molar-refractivity contribution in [2.45, 2.75) is 0 Å². The van der Waals surface area contributed by atoms with Gasteiger partial charge in [-0.2, -0.15) is 0 Å². The molecule has 0 saturated carbocycles. The van der Waals surface area contributed by atoms with Crippen molar-refractivity contribution in [1.82, 2.24) is 0 Å². The van der Waals surface area contributed by atoms with Gasteiger partial charge in [-0.15, -0.1) is 0 Å². The number of halogens is 10. The Kier molecular flexibility index (Phi) is 6.59. The highest BCUT2D eigenvalue weighted by atomic mass is 35.5. The summed E-state index contributed by atoms with van der Waals surface area (Å²) in [5.41, 5.74) is 0. The Morgan fingerprint density at radius 3 is 1.18 bits per heavy atom. The zero-order valence-corrected chi connectivity index (χ0v) is 11.1. The molecular weight excluding hydrogens is 357 g/mol. The van der Waals surface area contributed by atoms with Crippen molar-refractivity contribution < 1.29 is 26.5 Å². The summed E-state index contributed by atoms with van der Waals surface area (Å²) in [7, 11) is -6.00. The zero-order chi connectivity index (χ0) is 14.0. The summed E-state index contributed by atoms with van der Waals surface area (Å²) in [6, 6.07) is 0. The lowest BCUT2D eigenvalue weighted by atomic mass is 10.3. The van der Waals surface area contributed by atoms with Crippen LogP contribution in [0.15, 0.2) is 0 Å². The molecule has 0 aliphatic rings. The number of rotatable bonds is 0. The first-order chi connectivity index (χ1) is 7.46. The standard InChI is InChI=1S/C5Cl5FN.BF4/c6-1-2(7)4(9)12(11)5(10)3(1)8;2-1(3,4)5/q+1;-1. The largest absolute Gasteiger partial charge is 0.673 e. The Bertz CT molecular complexity index is 313. The molecule has 0 saturated heterocycles. The van der Waals surface area contributed by atoms with Crippen LogP contribution in [0.4, 0.5) is 21.7 Å². The average molecular weight is 357 g/mol. The molecule has 1 aromatic rings. The molecule has 17 heavy (non-hydrogen) atoms. The van der Waals surface area contributed by atoms with Gasteiger partial charge in [-0.05, 0) is 23.2 Å². The normalized spacial score (nSPS) is 10.9. The lowest BCUT2D eigenvalue weighted by molar-refractivity contribution is -0.839. The summed E-state index contributed by atoms with van der Waals surface area (Å²) >= 11 is 27.3. The van der Waals surface area contributed by atoms with Crippen molar-refractivity contribution in [2.24, 2.45) is 0 Å². The Hall–Kier alpha value is 0.315. The molecule has 0 radical (unpaired) electrons. The third-order valence-corrected chi connectivity index (χ3v) is 3.27. The quantitative estimate of drug-likeness (QED) is 0.338. The van der Waals surface area contributed by atoms with E-state index in [0.29, 0.717) is 0 Å². The van der Waals surface area contributed by atoms with Crippen molar-refractivity contribution in [3.8, 4) is 0 Å². The number of hydrogen-bond donors (Lipinski definition) is 0. The third-order valence-electron chi connectivity index (χ3n) is 1.09. The van der Waals surface area contributed by atoms with Crippen LogP contribution in [0.5, 0.6) is 0 Å². The molecule has 0 aliphatic carbocycles. The van der Waals surface area contributed by atoms with Crippen molar-refractivity contribution in [3.05, 3.63) is 25.4 Å². The predicted octanol–water partition coefficient (Wildman–Crippen LogP) is 5.27. The Balaban J connectivity index is 0.000000437. The average Bonchev–Trinajstić information content (AvgIpc) is 2.18. The van der Waals surface area contributed by atoms with Crippen molar-refractivity contribution in [1.29, 1.82) is 0 Å². The monoisotopic (exact) mass is 355 g/mol. The molecule has 0 aliphatic heterocycles. The summed E-state index contributed by atoms with van der Waals surface area (Å²) in [4.78, 5) is -0.0559. The summed E-state index contributed by atoms with van der Waals surface area (Å²) < 4.78 is 51.9. The van der Waals surface area contributed by atoms with Crippen LogP contribution in [-0.4, -0.2) is 7.25 Å². The van der Waals surface area contributed by atoms with E-state index < -0.39 is 17.6 Å². The van der Waals surface area contributed by atoms with E-state index in [4.69, 9.17) is 58.0 Å². The minimum Gasteiger partial charge on any atom is -0.418 e. The third kappa shape index (κ3) is 5.65. The lowest BCUT2D eigenvalue weighted by Crippen LogP contribution is -2.26. The van der Waals surface area contributed by atoms with Gasteiger partial charge in [0.15, 0.2) is 0 Å². The summed E-state index contributed by atoms with van der Waals surface area (Å²) in [6.07, 6.45) is 0. The molecule has 0 unspecified atom stereocenters. The van der Waals surface area contributed by atoms with Gasteiger partial charge in [-0.3, -0.25) is 0 Å². The van der Waals surface area contributed by atoms with Crippen LogP contribution in [0.1, 0.15) is 0 Å². The predicted molar refractivity (Wildman–Crippen MR) is 58.4 cm³/mol. The second-order valence-electron chi connectivity index (χ2n) is 2.30. The summed E-state index contributed by atoms with van der Waals surface area (Å²) in [5.74, 6) is 0. The minimum absolute atomic E-state index is 0.0559. The maximum absolute atomic E-state index is 12.9. The van der Waals surface area contributed by atoms with E-state index in [9.17, 15) is 21.7 Å². The van der Waals surface area contributed by atoms with E-state index in [-0.39, 0.29) is 19.9 Å². The highest BCUT2D eigenvalue weighted by molar-refractivity contribution is 6.53. The molecular formula is C5BCl5F5N. The van der Waals surface area contributed by atoms with E-state index in [1.54, 1.807) is 0 Å². The first-order valence-corrected chi connectivity index (χ1v) is 5.32. The fourth-order valence-electron chi connectivity index (χ4n) is 0.536. The van der Waals surface area contributed by atoms with Gasteiger partial charge in [-0.1, -0.05) is 34.8 Å². The topological polar surface area (TPSA) is 3.88 Å². The number of hydrogen-bond acceptors (Lipinski definition) is 0. The molecule has 0 atom stereocenters. The smallest absolute Gasteiger partial charge is 0.418 e. The van der Waals surface area contributed by atoms with Gasteiger partial charge >= 0.3 is 17.6 Å². The lowest BCUT2D eigenvalue weighted by Gasteiger charge is -1.96. The van der Waals surface area contributed by atoms with Gasteiger partial charge in [0.1, 0.15) is 10.0 Å². The maximum Gasteiger partial charge on any atom is 0.673 e. The van der Waals surface area contributed by atoms with E-state index in [1.807, 2.05) is 0 Å². The molecule has 0 spiro atoms. The first kappa shape index (κ1) is 17.3. The SMILES string of the molecule is F[B-](F)(F)F.F[n+]1c(Cl)c(Cl)c(Cl)c(Cl)c1Cl. The van der Waals surface area contributed by atoms with Crippen molar-refractivity contribution >= 4 is 65.3 Å². The van der Waals surface area contributed by atoms with Crippen molar-refractivity contribution in [2.75, 3.05) is 0 Å². The van der Waals surface area contributed by atoms with Gasteiger partial charge in [-0.25, -0.2) is 0 Å². The van der Waals surface area contributed by atoms with Crippen LogP contribution in [0, 0.1) is 0 Å². The Labute approximate surface area is 117 Å². The van der Waals surface area contributed by atoms with Crippen LogP contribution >= 0.6 is 58.0 Å². The molecule has 1 nitrogen and oxygen atoms in total. The van der Waals surface area contributed by atoms with Gasteiger partial charge in [0, 0.05) is 0 Å². The molecule has 12 heteroatoms. The Morgan fingerprint density at radius 2 is 0.941 bits per heavy atom. The molecule has 0 N–H and O–H groups in total. The molecule has 1 aromatic heterocycles. The molecule has 1 rings (SSSR count). The van der Waals surface area contributed by atoms with Crippen LogP contribution in [0.3, 0.4) is 0 Å². The van der Waals surface area contributed by atoms with Crippen LogP contribution < -0.4 is 4.79 Å². The molecule has 0 aromatic carbocycles. The molecule has 98 valence electrons. The second-order valence-corrected chi connectivity index (χ2v) is 4.15. The molecule has 0 amide bonds. The zero-order valence-electron chi connectivity index (χ0n) is 7.30. The van der Waals surface area contributed by atoms with Crippen LogP contribution in [0.2, 0.25) is 25.4 Å². The minimum atomic E-state index is -6.00. The highest BCUT2D eigenvalue weighted by Crippen LogP contribution is 2.36. The molecule has 0 fully saturated rings. The highest BCUT2D eigenvalue weighted by Gasteiger charge is 2.27. The van der Waals surface area contributed by atoms with Gasteiger partial charge in [0.25, 0.3) is 0 Å². The van der Waals surface area contributed by atoms with Crippen LogP contribution in [-0.2, 0) is 0 Å². The van der Waals surface area contributed by atoms with E-state index in [0.717, 1.165) is 0 Å². The number of aromatic nitrogens is 1. The van der Waals surface area contributed by atoms with E-state index >= 15 is 0 Å². The Morgan fingerprint density at radius 1 is 0.706 bits per heavy atom. The van der Waals surface area contributed by atoms with Gasteiger partial charge in [0.05, 0.1) is 14.3 Å². The summed E-state index contributed by atoms with van der Waals surface area (Å²) in [6.45, 7) is 0. The number of pyridine rings is 1.